The lowest BCUT2D eigenvalue weighted by molar-refractivity contribution is 0.639. The maximum absolute atomic E-state index is 4.34. The third-order valence-corrected chi connectivity index (χ3v) is 4.82. The van der Waals surface area contributed by atoms with Crippen LogP contribution in [0.2, 0.25) is 0 Å². The molecule has 0 radical (unpaired) electrons. The van der Waals surface area contributed by atoms with Gasteiger partial charge in [-0.25, -0.2) is 0 Å². The zero-order chi connectivity index (χ0) is 14.2. The van der Waals surface area contributed by atoms with Crippen molar-refractivity contribution in [1.82, 2.24) is 10.6 Å². The fraction of sp³-hybridized carbons (Fsp3) is 0.588. The van der Waals surface area contributed by atoms with Gasteiger partial charge in [-0.05, 0) is 43.2 Å². The molecule has 108 valence electrons. The van der Waals surface area contributed by atoms with Crippen LogP contribution in [0.1, 0.15) is 37.3 Å². The number of benzene rings is 1. The van der Waals surface area contributed by atoms with Crippen LogP contribution >= 0.6 is 0 Å². The van der Waals surface area contributed by atoms with Crippen molar-refractivity contribution in [2.24, 2.45) is 10.9 Å². The molecule has 2 aliphatic carbocycles. The first-order chi connectivity index (χ1) is 9.64. The Morgan fingerprint density at radius 1 is 1.35 bits per heavy atom. The summed E-state index contributed by atoms with van der Waals surface area (Å²) in [4.78, 5) is 4.34. The SMILES string of the molecule is CN=C(NCC1(c2ccccc2C)CC1)NC1CC1C. The molecule has 0 heterocycles. The smallest absolute Gasteiger partial charge is 0.191 e. The van der Waals surface area contributed by atoms with Gasteiger partial charge in [0.25, 0.3) is 0 Å². The number of aryl methyl sites for hydroxylation is 1. The maximum Gasteiger partial charge on any atom is 0.191 e. The summed E-state index contributed by atoms with van der Waals surface area (Å²) in [6.07, 6.45) is 3.83. The Labute approximate surface area is 121 Å². The number of rotatable bonds is 4. The van der Waals surface area contributed by atoms with Gasteiger partial charge in [0, 0.05) is 25.0 Å². The lowest BCUT2D eigenvalue weighted by Crippen LogP contribution is -2.42. The Balaban J connectivity index is 1.61. The van der Waals surface area contributed by atoms with Crippen LogP contribution in [0.15, 0.2) is 29.3 Å². The first-order valence-corrected chi connectivity index (χ1v) is 7.68. The third-order valence-electron chi connectivity index (χ3n) is 4.82. The molecule has 3 nitrogen and oxygen atoms in total. The molecule has 3 rings (SSSR count). The van der Waals surface area contributed by atoms with E-state index in [1.54, 1.807) is 0 Å². The van der Waals surface area contributed by atoms with E-state index >= 15 is 0 Å². The van der Waals surface area contributed by atoms with E-state index in [2.05, 4.69) is 53.7 Å². The minimum atomic E-state index is 0.331. The Bertz CT molecular complexity index is 517. The molecule has 0 aromatic heterocycles. The molecule has 2 atom stereocenters. The van der Waals surface area contributed by atoms with Gasteiger partial charge in [-0.3, -0.25) is 4.99 Å². The number of hydrogen-bond acceptors (Lipinski definition) is 1. The fourth-order valence-electron chi connectivity index (χ4n) is 3.01. The lowest BCUT2D eigenvalue weighted by atomic mass is 9.92. The lowest BCUT2D eigenvalue weighted by Gasteiger charge is -2.20. The average molecular weight is 271 g/mol. The van der Waals surface area contributed by atoms with E-state index < -0.39 is 0 Å². The normalized spacial score (nSPS) is 27.1. The minimum absolute atomic E-state index is 0.331. The highest BCUT2D eigenvalue weighted by Crippen LogP contribution is 2.48. The van der Waals surface area contributed by atoms with Gasteiger partial charge >= 0.3 is 0 Å². The highest BCUT2D eigenvalue weighted by Gasteiger charge is 2.45. The molecule has 20 heavy (non-hydrogen) atoms. The van der Waals surface area contributed by atoms with Gasteiger partial charge in [-0.15, -0.1) is 0 Å². The fourth-order valence-corrected chi connectivity index (χ4v) is 3.01. The third kappa shape index (κ3) is 2.67. The van der Waals surface area contributed by atoms with Crippen molar-refractivity contribution in [3.63, 3.8) is 0 Å². The summed E-state index contributed by atoms with van der Waals surface area (Å²) >= 11 is 0. The van der Waals surface area contributed by atoms with E-state index in [9.17, 15) is 0 Å². The number of nitrogens with zero attached hydrogens (tertiary/aromatic N) is 1. The molecular formula is C17H25N3. The van der Waals surface area contributed by atoms with Gasteiger partial charge in [-0.2, -0.15) is 0 Å². The summed E-state index contributed by atoms with van der Waals surface area (Å²) in [6, 6.07) is 9.39. The monoisotopic (exact) mass is 271 g/mol. The van der Waals surface area contributed by atoms with Crippen LogP contribution in [0.5, 0.6) is 0 Å². The molecule has 1 aromatic rings. The zero-order valence-corrected chi connectivity index (χ0v) is 12.7. The van der Waals surface area contributed by atoms with Crippen LogP contribution < -0.4 is 10.6 Å². The Morgan fingerprint density at radius 3 is 2.60 bits per heavy atom. The average Bonchev–Trinajstić information content (AvgIpc) is 3.35. The van der Waals surface area contributed by atoms with Crippen LogP contribution in [-0.2, 0) is 5.41 Å². The Hall–Kier alpha value is -1.51. The number of guanidine groups is 1. The molecule has 3 heteroatoms. The van der Waals surface area contributed by atoms with Gasteiger partial charge in [0.15, 0.2) is 5.96 Å². The van der Waals surface area contributed by atoms with Crippen LogP contribution in [0.25, 0.3) is 0 Å². The zero-order valence-electron chi connectivity index (χ0n) is 12.7. The highest BCUT2D eigenvalue weighted by molar-refractivity contribution is 5.80. The first-order valence-electron chi connectivity index (χ1n) is 7.68. The largest absolute Gasteiger partial charge is 0.356 e. The topological polar surface area (TPSA) is 36.4 Å². The van der Waals surface area contributed by atoms with Gasteiger partial charge in [0.1, 0.15) is 0 Å². The molecule has 2 fully saturated rings. The quantitative estimate of drug-likeness (QED) is 0.652. The molecule has 1 aromatic carbocycles. The van der Waals surface area contributed by atoms with Gasteiger partial charge in [-0.1, -0.05) is 31.2 Å². The molecule has 2 N–H and O–H groups in total. The molecule has 0 saturated heterocycles. The predicted octanol–water partition coefficient (Wildman–Crippen LogP) is 2.60. The van der Waals surface area contributed by atoms with Crippen molar-refractivity contribution in [2.75, 3.05) is 13.6 Å². The molecule has 2 saturated carbocycles. The van der Waals surface area contributed by atoms with E-state index in [0.717, 1.165) is 18.4 Å². The number of nitrogens with one attached hydrogen (secondary N) is 2. The second-order valence-electron chi connectivity index (χ2n) is 6.48. The summed E-state index contributed by atoms with van der Waals surface area (Å²) in [7, 11) is 1.86. The summed E-state index contributed by atoms with van der Waals surface area (Å²) in [6.45, 7) is 5.48. The molecular weight excluding hydrogens is 246 g/mol. The van der Waals surface area contributed by atoms with Gasteiger partial charge in [0.2, 0.25) is 0 Å². The molecule has 2 unspecified atom stereocenters. The molecule has 2 aliphatic rings. The predicted molar refractivity (Wildman–Crippen MR) is 84.2 cm³/mol. The second-order valence-corrected chi connectivity index (χ2v) is 6.48. The Morgan fingerprint density at radius 2 is 2.05 bits per heavy atom. The molecule has 0 spiro atoms. The summed E-state index contributed by atoms with van der Waals surface area (Å²) in [5.74, 6) is 1.75. The maximum atomic E-state index is 4.34. The van der Waals surface area contributed by atoms with Crippen molar-refractivity contribution >= 4 is 5.96 Å². The van der Waals surface area contributed by atoms with Gasteiger partial charge in [0.05, 0.1) is 0 Å². The number of aliphatic imine (C=N–C) groups is 1. The molecule has 0 aliphatic heterocycles. The Kier molecular flexibility index (Phi) is 3.45. The van der Waals surface area contributed by atoms with E-state index in [4.69, 9.17) is 0 Å². The van der Waals surface area contributed by atoms with E-state index in [-0.39, 0.29) is 0 Å². The van der Waals surface area contributed by atoms with E-state index in [0.29, 0.717) is 11.5 Å². The van der Waals surface area contributed by atoms with E-state index in [1.165, 1.54) is 30.4 Å². The van der Waals surface area contributed by atoms with Crippen molar-refractivity contribution in [1.29, 1.82) is 0 Å². The van der Waals surface area contributed by atoms with Crippen molar-refractivity contribution in [3.8, 4) is 0 Å². The van der Waals surface area contributed by atoms with Gasteiger partial charge < -0.3 is 10.6 Å². The van der Waals surface area contributed by atoms with Crippen LogP contribution in [0.4, 0.5) is 0 Å². The van der Waals surface area contributed by atoms with Crippen molar-refractivity contribution in [3.05, 3.63) is 35.4 Å². The van der Waals surface area contributed by atoms with Crippen LogP contribution in [0.3, 0.4) is 0 Å². The standard InChI is InChI=1S/C17H25N3/c1-12-6-4-5-7-14(12)17(8-9-17)11-19-16(18-3)20-15-10-13(15)2/h4-7,13,15H,8-11H2,1-3H3,(H2,18,19,20). The summed E-state index contributed by atoms with van der Waals surface area (Å²) < 4.78 is 0. The molecule has 0 amide bonds. The highest BCUT2D eigenvalue weighted by atomic mass is 15.2. The summed E-state index contributed by atoms with van der Waals surface area (Å²) in [5, 5.41) is 7.02. The van der Waals surface area contributed by atoms with Crippen LogP contribution in [-0.4, -0.2) is 25.6 Å². The van der Waals surface area contributed by atoms with Crippen molar-refractivity contribution in [2.45, 2.75) is 44.6 Å². The van der Waals surface area contributed by atoms with Crippen LogP contribution in [0, 0.1) is 12.8 Å². The minimum Gasteiger partial charge on any atom is -0.356 e. The second kappa shape index (κ2) is 5.12. The number of hydrogen-bond donors (Lipinski definition) is 2. The van der Waals surface area contributed by atoms with E-state index in [1.807, 2.05) is 7.05 Å². The first kappa shape index (κ1) is 13.5. The summed E-state index contributed by atoms with van der Waals surface area (Å²) in [5.41, 5.74) is 3.24. The molecule has 0 bridgehead atoms. The van der Waals surface area contributed by atoms with Crippen molar-refractivity contribution < 1.29 is 0 Å².